The van der Waals surface area contributed by atoms with Crippen LogP contribution in [0.3, 0.4) is 0 Å². The second-order valence-corrected chi connectivity index (χ2v) is 9.26. The number of carbonyl (C=O) groups excluding carboxylic acids is 1. The third-order valence-electron chi connectivity index (χ3n) is 7.47. The van der Waals surface area contributed by atoms with E-state index >= 15 is 0 Å². The maximum Gasteiger partial charge on any atom is 0.252 e. The van der Waals surface area contributed by atoms with E-state index in [2.05, 4.69) is 40.8 Å². The number of aromatic amines is 1. The second-order valence-electron chi connectivity index (χ2n) is 9.26. The summed E-state index contributed by atoms with van der Waals surface area (Å²) in [5, 5.41) is 4.49. The van der Waals surface area contributed by atoms with Gasteiger partial charge in [0.25, 0.3) is 5.91 Å². The maximum atomic E-state index is 12.6. The van der Waals surface area contributed by atoms with E-state index in [0.29, 0.717) is 0 Å². The average molecular weight is 386 g/mol. The van der Waals surface area contributed by atoms with Crippen LogP contribution in [0, 0.1) is 5.92 Å². The highest BCUT2D eigenvalue weighted by Crippen LogP contribution is 2.44. The Balaban J connectivity index is 1.39. The molecule has 0 unspecified atom stereocenters. The van der Waals surface area contributed by atoms with Gasteiger partial charge in [0.2, 0.25) is 0 Å². The van der Waals surface area contributed by atoms with Gasteiger partial charge in [0, 0.05) is 28.4 Å². The topological polar surface area (TPSA) is 57.8 Å². The lowest BCUT2D eigenvalue weighted by molar-refractivity contribution is 0.0909. The minimum atomic E-state index is -0.152. The predicted molar refractivity (Wildman–Crippen MR) is 115 cm³/mol. The number of fused-ring (bicyclic) bond motifs is 3. The van der Waals surface area contributed by atoms with Crippen LogP contribution in [0.15, 0.2) is 36.5 Å². The molecule has 0 atom stereocenters. The highest BCUT2D eigenvalue weighted by molar-refractivity contribution is 6.01. The third-order valence-corrected chi connectivity index (χ3v) is 7.47. The molecule has 1 amide bonds. The zero-order chi connectivity index (χ0) is 19.4. The Kier molecular flexibility index (Phi) is 3.84. The number of hydrogen-bond acceptors (Lipinski definition) is 2. The Labute approximate surface area is 171 Å². The van der Waals surface area contributed by atoms with Crippen LogP contribution in [0.1, 0.15) is 73.0 Å². The number of aromatic nitrogens is 2. The number of benzene rings is 1. The van der Waals surface area contributed by atoms with E-state index in [4.69, 9.17) is 4.98 Å². The van der Waals surface area contributed by atoms with Crippen molar-refractivity contribution in [2.24, 2.45) is 5.92 Å². The minimum absolute atomic E-state index is 0.0923. The SMILES string of the molecule is O=C1NC2(CCCCC2)c2cc(-c3c[nH]c4nc(CC5CCC5)ccc34)ccc21. The van der Waals surface area contributed by atoms with Gasteiger partial charge in [-0.1, -0.05) is 44.6 Å². The Morgan fingerprint density at radius 2 is 1.86 bits per heavy atom. The molecule has 6 rings (SSSR count). The van der Waals surface area contributed by atoms with E-state index in [9.17, 15) is 4.79 Å². The largest absolute Gasteiger partial charge is 0.346 e. The van der Waals surface area contributed by atoms with Gasteiger partial charge >= 0.3 is 0 Å². The predicted octanol–water partition coefficient (Wildman–Crippen LogP) is 5.48. The molecule has 2 N–H and O–H groups in total. The number of nitrogens with one attached hydrogen (secondary N) is 2. The summed E-state index contributed by atoms with van der Waals surface area (Å²) in [6.45, 7) is 0. The van der Waals surface area contributed by atoms with Crippen LogP contribution in [-0.2, 0) is 12.0 Å². The van der Waals surface area contributed by atoms with Gasteiger partial charge in [-0.15, -0.1) is 0 Å². The molecule has 1 aliphatic heterocycles. The third kappa shape index (κ3) is 2.72. The van der Waals surface area contributed by atoms with Crippen LogP contribution < -0.4 is 5.32 Å². The normalized spacial score (nSPS) is 20.6. The molecule has 4 nitrogen and oxygen atoms in total. The molecule has 2 aliphatic carbocycles. The monoisotopic (exact) mass is 385 g/mol. The summed E-state index contributed by atoms with van der Waals surface area (Å²) >= 11 is 0. The number of H-pyrrole nitrogens is 1. The number of rotatable bonds is 3. The molecule has 2 fully saturated rings. The number of amides is 1. The Morgan fingerprint density at radius 1 is 1.00 bits per heavy atom. The first-order chi connectivity index (χ1) is 14.2. The molecule has 3 aliphatic rings. The van der Waals surface area contributed by atoms with Gasteiger partial charge in [-0.25, -0.2) is 4.98 Å². The molecule has 1 spiro atoms. The van der Waals surface area contributed by atoms with Gasteiger partial charge < -0.3 is 10.3 Å². The highest BCUT2D eigenvalue weighted by Gasteiger charge is 2.43. The first-order valence-electron chi connectivity index (χ1n) is 11.2. The zero-order valence-corrected chi connectivity index (χ0v) is 16.8. The van der Waals surface area contributed by atoms with E-state index in [1.54, 1.807) is 0 Å². The van der Waals surface area contributed by atoms with Crippen LogP contribution in [0.25, 0.3) is 22.2 Å². The van der Waals surface area contributed by atoms with Gasteiger partial charge in [0.1, 0.15) is 5.65 Å². The molecule has 1 aromatic carbocycles. The fourth-order valence-electron chi connectivity index (χ4n) is 5.60. The zero-order valence-electron chi connectivity index (χ0n) is 16.8. The summed E-state index contributed by atoms with van der Waals surface area (Å²) in [7, 11) is 0. The van der Waals surface area contributed by atoms with E-state index in [1.165, 1.54) is 60.9 Å². The summed E-state index contributed by atoms with van der Waals surface area (Å²) in [4.78, 5) is 20.9. The summed E-state index contributed by atoms with van der Waals surface area (Å²) < 4.78 is 0. The number of nitrogens with zero attached hydrogens (tertiary/aromatic N) is 1. The molecule has 0 saturated heterocycles. The Bertz CT molecular complexity index is 1100. The van der Waals surface area contributed by atoms with Crippen LogP contribution in [0.5, 0.6) is 0 Å². The number of carbonyl (C=O) groups is 1. The number of hydrogen-bond donors (Lipinski definition) is 2. The molecule has 29 heavy (non-hydrogen) atoms. The van der Waals surface area contributed by atoms with Gasteiger partial charge in [-0.05, 0) is 60.6 Å². The Morgan fingerprint density at radius 3 is 2.66 bits per heavy atom. The standard InChI is InChI=1S/C25H27N3O/c29-24-20-9-7-17(14-22(20)25(28-24)11-2-1-3-12-25)21-15-26-23-19(21)10-8-18(27-23)13-16-5-4-6-16/h7-10,14-16H,1-6,11-13H2,(H,26,27)(H,28,29). The maximum absolute atomic E-state index is 12.6. The number of pyridine rings is 1. The molecule has 3 heterocycles. The lowest BCUT2D eigenvalue weighted by atomic mass is 9.77. The van der Waals surface area contributed by atoms with Crippen molar-refractivity contribution in [3.05, 3.63) is 53.3 Å². The summed E-state index contributed by atoms with van der Waals surface area (Å²) in [5.74, 6) is 0.914. The van der Waals surface area contributed by atoms with Crippen LogP contribution >= 0.6 is 0 Å². The molecule has 4 heteroatoms. The average Bonchev–Trinajstić information content (AvgIpc) is 3.24. The van der Waals surface area contributed by atoms with E-state index in [1.807, 2.05) is 6.07 Å². The van der Waals surface area contributed by atoms with Crippen molar-refractivity contribution in [2.75, 3.05) is 0 Å². The fraction of sp³-hybridized carbons (Fsp3) is 0.440. The lowest BCUT2D eigenvalue weighted by Gasteiger charge is -2.34. The van der Waals surface area contributed by atoms with Crippen molar-refractivity contribution in [3.8, 4) is 11.1 Å². The van der Waals surface area contributed by atoms with Crippen LogP contribution in [-0.4, -0.2) is 15.9 Å². The molecule has 0 radical (unpaired) electrons. The molecular formula is C25H27N3O. The molecular weight excluding hydrogens is 358 g/mol. The summed E-state index contributed by atoms with van der Waals surface area (Å²) in [5.41, 5.74) is 6.42. The fourth-order valence-corrected chi connectivity index (χ4v) is 5.60. The summed E-state index contributed by atoms with van der Waals surface area (Å²) in [6, 6.07) is 10.8. The van der Waals surface area contributed by atoms with Crippen molar-refractivity contribution in [2.45, 2.75) is 63.3 Å². The molecule has 3 aromatic rings. The highest BCUT2D eigenvalue weighted by atomic mass is 16.2. The Hall–Kier alpha value is -2.62. The van der Waals surface area contributed by atoms with Crippen molar-refractivity contribution in [1.29, 1.82) is 0 Å². The van der Waals surface area contributed by atoms with Gasteiger partial charge in [0.05, 0.1) is 5.54 Å². The van der Waals surface area contributed by atoms with Crippen molar-refractivity contribution >= 4 is 16.9 Å². The molecule has 0 bridgehead atoms. The molecule has 148 valence electrons. The van der Waals surface area contributed by atoms with Crippen LogP contribution in [0.4, 0.5) is 0 Å². The quantitative estimate of drug-likeness (QED) is 0.628. The van der Waals surface area contributed by atoms with E-state index in [-0.39, 0.29) is 11.4 Å². The van der Waals surface area contributed by atoms with Crippen molar-refractivity contribution in [1.82, 2.24) is 15.3 Å². The van der Waals surface area contributed by atoms with E-state index in [0.717, 1.165) is 41.8 Å². The second kappa shape index (κ2) is 6.45. The molecule has 2 aromatic heterocycles. The van der Waals surface area contributed by atoms with Gasteiger partial charge in [0.15, 0.2) is 0 Å². The smallest absolute Gasteiger partial charge is 0.252 e. The van der Waals surface area contributed by atoms with Gasteiger partial charge in [-0.3, -0.25) is 4.79 Å². The lowest BCUT2D eigenvalue weighted by Crippen LogP contribution is -2.40. The molecule has 2 saturated carbocycles. The first-order valence-corrected chi connectivity index (χ1v) is 11.2. The summed E-state index contributed by atoms with van der Waals surface area (Å²) in [6.07, 6.45) is 13.0. The first kappa shape index (κ1) is 17.3. The minimum Gasteiger partial charge on any atom is -0.346 e. The van der Waals surface area contributed by atoms with Crippen LogP contribution in [0.2, 0.25) is 0 Å². The van der Waals surface area contributed by atoms with Crippen molar-refractivity contribution < 1.29 is 4.79 Å². The van der Waals surface area contributed by atoms with Crippen molar-refractivity contribution in [3.63, 3.8) is 0 Å². The van der Waals surface area contributed by atoms with Gasteiger partial charge in [-0.2, -0.15) is 0 Å². The van der Waals surface area contributed by atoms with E-state index < -0.39 is 0 Å².